The maximum atomic E-state index is 12.9. The normalized spacial score (nSPS) is 19.2. The van der Waals surface area contributed by atoms with Crippen LogP contribution < -0.4 is 0 Å². The number of carbonyl (C=O) groups excluding carboxylic acids is 1. The molecule has 2 rings (SSSR count). The fraction of sp³-hybridized carbons (Fsp3) is 0.588. The number of hydrogen-bond donors (Lipinski definition) is 0. The van der Waals surface area contributed by atoms with Crippen LogP contribution >= 0.6 is 0 Å². The van der Waals surface area contributed by atoms with Crippen LogP contribution in [0.4, 0.5) is 4.39 Å². The van der Waals surface area contributed by atoms with Crippen LogP contribution in [0.3, 0.4) is 0 Å². The number of carbonyl (C=O) groups is 1. The molecule has 0 saturated heterocycles. The third kappa shape index (κ3) is 3.89. The Bertz CT molecular complexity index is 456. The van der Waals surface area contributed by atoms with Gasteiger partial charge in [-0.2, -0.15) is 0 Å². The molecule has 0 aromatic heterocycles. The first-order valence-electron chi connectivity index (χ1n) is 7.36. The van der Waals surface area contributed by atoms with Gasteiger partial charge in [0.05, 0.1) is 6.54 Å². The molecule has 0 spiro atoms. The van der Waals surface area contributed by atoms with Gasteiger partial charge in [0.15, 0.2) is 5.78 Å². The number of hydrogen-bond acceptors (Lipinski definition) is 2. The third-order valence-electron chi connectivity index (χ3n) is 4.49. The van der Waals surface area contributed by atoms with E-state index in [0.29, 0.717) is 23.6 Å². The number of ketones is 1. The molecule has 0 bridgehead atoms. The summed E-state index contributed by atoms with van der Waals surface area (Å²) in [5.41, 5.74) is 1.03. The van der Waals surface area contributed by atoms with E-state index in [-0.39, 0.29) is 11.6 Å². The Hall–Kier alpha value is -1.22. The van der Waals surface area contributed by atoms with E-state index in [4.69, 9.17) is 0 Å². The zero-order chi connectivity index (χ0) is 14.8. The molecule has 1 aliphatic rings. The van der Waals surface area contributed by atoms with Gasteiger partial charge in [0.25, 0.3) is 0 Å². The van der Waals surface area contributed by atoms with Crippen LogP contribution in [-0.2, 0) is 0 Å². The molecule has 0 amide bonds. The maximum absolute atomic E-state index is 12.9. The number of rotatable bonds is 4. The monoisotopic (exact) mass is 277 g/mol. The van der Waals surface area contributed by atoms with Crippen LogP contribution in [0, 0.1) is 11.2 Å². The van der Waals surface area contributed by atoms with E-state index in [0.717, 1.165) is 12.8 Å². The fourth-order valence-corrected chi connectivity index (χ4v) is 2.91. The Morgan fingerprint density at radius 3 is 2.35 bits per heavy atom. The van der Waals surface area contributed by atoms with Crippen LogP contribution in [0.15, 0.2) is 24.3 Å². The highest BCUT2D eigenvalue weighted by Gasteiger charge is 2.29. The van der Waals surface area contributed by atoms with Crippen LogP contribution in [-0.4, -0.2) is 30.3 Å². The number of likely N-dealkylation sites (N-methyl/N-ethyl adjacent to an activating group) is 1. The van der Waals surface area contributed by atoms with Gasteiger partial charge in [-0.25, -0.2) is 4.39 Å². The molecule has 1 aliphatic carbocycles. The average molecular weight is 277 g/mol. The molecule has 3 heteroatoms. The summed E-state index contributed by atoms with van der Waals surface area (Å²) in [5.74, 6) is -0.234. The van der Waals surface area contributed by atoms with Gasteiger partial charge >= 0.3 is 0 Å². The smallest absolute Gasteiger partial charge is 0.176 e. The van der Waals surface area contributed by atoms with Gasteiger partial charge in [0, 0.05) is 11.6 Å². The SMILES string of the molecule is CN(CC(=O)c1ccc(F)cc1)C1CCC(C)(C)CC1. The minimum absolute atomic E-state index is 0.0670. The zero-order valence-corrected chi connectivity index (χ0v) is 12.7. The van der Waals surface area contributed by atoms with E-state index in [1.807, 2.05) is 7.05 Å². The lowest BCUT2D eigenvalue weighted by molar-refractivity contribution is 0.0851. The summed E-state index contributed by atoms with van der Waals surface area (Å²) < 4.78 is 12.9. The molecule has 110 valence electrons. The van der Waals surface area contributed by atoms with Crippen molar-refractivity contribution in [2.45, 2.75) is 45.6 Å². The Labute approximate surface area is 121 Å². The molecular formula is C17H24FNO. The average Bonchev–Trinajstić information content (AvgIpc) is 2.39. The molecule has 1 fully saturated rings. The molecule has 0 atom stereocenters. The predicted octanol–water partition coefficient (Wildman–Crippen LogP) is 3.91. The van der Waals surface area contributed by atoms with Crippen molar-refractivity contribution < 1.29 is 9.18 Å². The van der Waals surface area contributed by atoms with E-state index in [2.05, 4.69) is 18.7 Å². The molecule has 2 nitrogen and oxygen atoms in total. The number of halogens is 1. The summed E-state index contributed by atoms with van der Waals surface area (Å²) in [6.45, 7) is 5.04. The summed E-state index contributed by atoms with van der Waals surface area (Å²) in [5, 5.41) is 0. The van der Waals surface area contributed by atoms with Crippen molar-refractivity contribution in [2.24, 2.45) is 5.41 Å². The van der Waals surface area contributed by atoms with E-state index in [9.17, 15) is 9.18 Å². The van der Waals surface area contributed by atoms with Gasteiger partial charge in [-0.15, -0.1) is 0 Å². The molecule has 0 aliphatic heterocycles. The summed E-state index contributed by atoms with van der Waals surface area (Å²) in [6, 6.07) is 6.31. The molecular weight excluding hydrogens is 253 g/mol. The van der Waals surface area contributed by atoms with E-state index in [1.165, 1.54) is 25.0 Å². The zero-order valence-electron chi connectivity index (χ0n) is 12.7. The van der Waals surface area contributed by atoms with Crippen molar-refractivity contribution in [3.8, 4) is 0 Å². The predicted molar refractivity (Wildman–Crippen MR) is 79.4 cm³/mol. The second kappa shape index (κ2) is 6.04. The number of benzene rings is 1. The van der Waals surface area contributed by atoms with Crippen LogP contribution in [0.2, 0.25) is 0 Å². The first-order valence-corrected chi connectivity index (χ1v) is 7.36. The largest absolute Gasteiger partial charge is 0.296 e. The van der Waals surface area contributed by atoms with Crippen molar-refractivity contribution >= 4 is 5.78 Å². The first-order chi connectivity index (χ1) is 9.37. The highest BCUT2D eigenvalue weighted by Crippen LogP contribution is 2.36. The van der Waals surface area contributed by atoms with Crippen LogP contribution in [0.5, 0.6) is 0 Å². The number of Topliss-reactive ketones (excluding diaryl/α,β-unsaturated/α-hetero) is 1. The van der Waals surface area contributed by atoms with Crippen molar-refractivity contribution in [3.63, 3.8) is 0 Å². The molecule has 0 heterocycles. The minimum atomic E-state index is -0.301. The van der Waals surface area contributed by atoms with E-state index in [1.54, 1.807) is 12.1 Å². The molecule has 1 aromatic carbocycles. The summed E-state index contributed by atoms with van der Waals surface area (Å²) >= 11 is 0. The maximum Gasteiger partial charge on any atom is 0.176 e. The van der Waals surface area contributed by atoms with Gasteiger partial charge in [-0.05, 0) is 62.4 Å². The topological polar surface area (TPSA) is 20.3 Å². The van der Waals surface area contributed by atoms with E-state index < -0.39 is 0 Å². The summed E-state index contributed by atoms with van der Waals surface area (Å²) in [7, 11) is 2.02. The third-order valence-corrected chi connectivity index (χ3v) is 4.49. The Morgan fingerprint density at radius 2 is 1.80 bits per heavy atom. The lowest BCUT2D eigenvalue weighted by atomic mass is 9.75. The van der Waals surface area contributed by atoms with Crippen LogP contribution in [0.1, 0.15) is 49.9 Å². The van der Waals surface area contributed by atoms with Gasteiger partial charge in [0.2, 0.25) is 0 Å². The molecule has 0 N–H and O–H groups in total. The molecule has 20 heavy (non-hydrogen) atoms. The highest BCUT2D eigenvalue weighted by molar-refractivity contribution is 5.97. The van der Waals surface area contributed by atoms with Gasteiger partial charge < -0.3 is 0 Å². The first kappa shape index (κ1) is 15.2. The van der Waals surface area contributed by atoms with Crippen molar-refractivity contribution in [2.75, 3.05) is 13.6 Å². The Morgan fingerprint density at radius 1 is 1.25 bits per heavy atom. The van der Waals surface area contributed by atoms with Gasteiger partial charge in [0.1, 0.15) is 5.82 Å². The molecule has 1 aromatic rings. The second-order valence-electron chi connectivity index (χ2n) is 6.74. The molecule has 1 saturated carbocycles. The lowest BCUT2D eigenvalue weighted by Gasteiger charge is -2.38. The molecule has 0 radical (unpaired) electrons. The minimum Gasteiger partial charge on any atom is -0.296 e. The standard InChI is InChI=1S/C17H24FNO/c1-17(2)10-8-15(9-11-17)19(3)12-16(20)13-4-6-14(18)7-5-13/h4-7,15H,8-12H2,1-3H3. The second-order valence-corrected chi connectivity index (χ2v) is 6.74. The molecule has 0 unspecified atom stereocenters. The highest BCUT2D eigenvalue weighted by atomic mass is 19.1. The Kier molecular flexibility index (Phi) is 4.59. The van der Waals surface area contributed by atoms with E-state index >= 15 is 0 Å². The van der Waals surface area contributed by atoms with Crippen LogP contribution in [0.25, 0.3) is 0 Å². The van der Waals surface area contributed by atoms with Crippen molar-refractivity contribution in [3.05, 3.63) is 35.6 Å². The Balaban J connectivity index is 1.90. The quantitative estimate of drug-likeness (QED) is 0.778. The van der Waals surface area contributed by atoms with Crippen molar-refractivity contribution in [1.29, 1.82) is 0 Å². The lowest BCUT2D eigenvalue weighted by Crippen LogP contribution is -2.39. The van der Waals surface area contributed by atoms with Crippen molar-refractivity contribution in [1.82, 2.24) is 4.90 Å². The van der Waals surface area contributed by atoms with Gasteiger partial charge in [-0.3, -0.25) is 9.69 Å². The number of nitrogens with zero attached hydrogens (tertiary/aromatic N) is 1. The summed E-state index contributed by atoms with van der Waals surface area (Å²) in [4.78, 5) is 14.3. The fourth-order valence-electron chi connectivity index (χ4n) is 2.91. The van der Waals surface area contributed by atoms with Gasteiger partial charge in [-0.1, -0.05) is 13.8 Å². The summed E-state index contributed by atoms with van der Waals surface area (Å²) in [6.07, 6.45) is 4.74.